The van der Waals surface area contributed by atoms with E-state index in [0.717, 1.165) is 38.5 Å². The van der Waals surface area contributed by atoms with Crippen LogP contribution in [0.15, 0.2) is 36.5 Å². The molecule has 2 unspecified atom stereocenters. The zero-order valence-electron chi connectivity index (χ0n) is 55.6. The number of carbonyl (C=O) groups is 1. The summed E-state index contributed by atoms with van der Waals surface area (Å²) in [5.74, 6) is -0.0210. The molecule has 0 aromatic rings. The highest BCUT2D eigenvalue weighted by atomic mass is 16.3. The molecule has 0 aromatic carbocycles. The van der Waals surface area contributed by atoms with Gasteiger partial charge < -0.3 is 15.5 Å². The number of allylic oxidation sites excluding steroid dienone is 6. The topological polar surface area (TPSA) is 69.6 Å². The number of hydrogen-bond donors (Lipinski definition) is 3. The fourth-order valence-corrected chi connectivity index (χ4v) is 12.2. The largest absolute Gasteiger partial charge is 0.394 e. The SMILES string of the molecule is CCCCCCC/C=C\C/C=C\C/C=C\CCCCCCCCCCCCCCCCCCCCCCCCCCCCC(=O)NC(CO)C(O)CCCCCCCCCCCCCCCCCCCCCCCCCCCCCC. The first kappa shape index (κ1) is 79.6. The molecule has 0 saturated heterocycles. The lowest BCUT2D eigenvalue weighted by molar-refractivity contribution is -0.123. The molecule has 0 heterocycles. The van der Waals surface area contributed by atoms with Gasteiger partial charge in [-0.3, -0.25) is 4.79 Å². The monoisotopic (exact) mass is 1140 g/mol. The number of rotatable bonds is 71. The third-order valence-electron chi connectivity index (χ3n) is 17.9. The minimum atomic E-state index is -0.659. The standard InChI is InChI=1S/C77H149NO3/c1-3-5-7-9-11-13-15-17-19-21-23-25-27-29-31-33-34-35-36-37-38-39-40-41-42-43-44-45-47-49-51-53-55-57-59-61-63-65-67-69-71-73-77(81)78-75(74-79)76(80)72-70-68-66-64-62-60-58-56-54-52-50-48-46-32-30-28-26-24-22-20-18-16-14-12-10-8-6-4-2/h15,17,21,23,27,29,75-76,79-80H,3-14,16,18-20,22,24-26,28,30-74H2,1-2H3,(H,78,81)/b17-15-,23-21-,29-27-. The van der Waals surface area contributed by atoms with E-state index in [2.05, 4.69) is 55.6 Å². The van der Waals surface area contributed by atoms with Crippen molar-refractivity contribution in [2.45, 2.75) is 443 Å². The molecular weight excluding hydrogens is 987 g/mol. The number of amides is 1. The summed E-state index contributed by atoms with van der Waals surface area (Å²) in [5.41, 5.74) is 0. The molecule has 0 rings (SSSR count). The Hall–Kier alpha value is -1.39. The number of aliphatic hydroxyl groups is 2. The number of hydrogen-bond acceptors (Lipinski definition) is 3. The Balaban J connectivity index is 3.36. The van der Waals surface area contributed by atoms with E-state index < -0.39 is 12.1 Å². The summed E-state index contributed by atoms with van der Waals surface area (Å²) in [5, 5.41) is 23.5. The van der Waals surface area contributed by atoms with Gasteiger partial charge in [0.2, 0.25) is 5.91 Å². The second-order valence-corrected chi connectivity index (χ2v) is 26.1. The maximum absolute atomic E-state index is 12.6. The van der Waals surface area contributed by atoms with Crippen LogP contribution in [0.25, 0.3) is 0 Å². The summed E-state index contributed by atoms with van der Waals surface area (Å²) in [4.78, 5) is 12.6. The Kier molecular flexibility index (Phi) is 71.6. The van der Waals surface area contributed by atoms with E-state index in [4.69, 9.17) is 0 Å². The molecule has 3 N–H and O–H groups in total. The highest BCUT2D eigenvalue weighted by Crippen LogP contribution is 2.20. The van der Waals surface area contributed by atoms with E-state index in [0.29, 0.717) is 12.8 Å². The first-order valence-corrected chi connectivity index (χ1v) is 37.7. The molecule has 0 aliphatic carbocycles. The summed E-state index contributed by atoms with van der Waals surface area (Å²) >= 11 is 0. The fourth-order valence-electron chi connectivity index (χ4n) is 12.2. The Morgan fingerprint density at radius 2 is 0.506 bits per heavy atom. The van der Waals surface area contributed by atoms with Gasteiger partial charge in [0.25, 0.3) is 0 Å². The molecule has 0 fully saturated rings. The van der Waals surface area contributed by atoms with Gasteiger partial charge in [0.1, 0.15) is 0 Å². The highest BCUT2D eigenvalue weighted by Gasteiger charge is 2.20. The maximum Gasteiger partial charge on any atom is 0.220 e. The second kappa shape index (κ2) is 72.9. The molecule has 480 valence electrons. The van der Waals surface area contributed by atoms with Gasteiger partial charge in [-0.25, -0.2) is 0 Å². The minimum absolute atomic E-state index is 0.0210. The molecule has 0 bridgehead atoms. The average Bonchev–Trinajstić information content (AvgIpc) is 3.47. The summed E-state index contributed by atoms with van der Waals surface area (Å²) < 4.78 is 0. The van der Waals surface area contributed by atoms with Crippen molar-refractivity contribution in [3.8, 4) is 0 Å². The van der Waals surface area contributed by atoms with Gasteiger partial charge in [0.15, 0.2) is 0 Å². The van der Waals surface area contributed by atoms with Crippen molar-refractivity contribution in [3.63, 3.8) is 0 Å². The quantitative estimate of drug-likeness (QED) is 0.0420. The Bertz CT molecular complexity index is 1240. The molecule has 0 aliphatic heterocycles. The molecular formula is C77H149NO3. The van der Waals surface area contributed by atoms with E-state index in [1.807, 2.05) is 0 Å². The van der Waals surface area contributed by atoms with E-state index in [9.17, 15) is 15.0 Å². The van der Waals surface area contributed by atoms with Gasteiger partial charge in [-0.15, -0.1) is 0 Å². The number of aliphatic hydroxyl groups excluding tert-OH is 2. The first-order chi connectivity index (χ1) is 40.2. The zero-order chi connectivity index (χ0) is 58.4. The summed E-state index contributed by atoms with van der Waals surface area (Å²) in [6.45, 7) is 4.40. The predicted octanol–water partition coefficient (Wildman–Crippen LogP) is 25.9. The van der Waals surface area contributed by atoms with Gasteiger partial charge >= 0.3 is 0 Å². The summed E-state index contributed by atoms with van der Waals surface area (Å²) in [6.07, 6.45) is 101. The Morgan fingerprint density at radius 1 is 0.296 bits per heavy atom. The lowest BCUT2D eigenvalue weighted by Gasteiger charge is -2.22. The van der Waals surface area contributed by atoms with Crippen LogP contribution < -0.4 is 5.32 Å². The van der Waals surface area contributed by atoms with Crippen molar-refractivity contribution >= 4 is 5.91 Å². The summed E-state index contributed by atoms with van der Waals surface area (Å²) in [7, 11) is 0. The van der Waals surface area contributed by atoms with Gasteiger partial charge in [0.05, 0.1) is 18.8 Å². The van der Waals surface area contributed by atoms with Crippen LogP contribution in [0.5, 0.6) is 0 Å². The van der Waals surface area contributed by atoms with Crippen LogP contribution in [-0.2, 0) is 4.79 Å². The van der Waals surface area contributed by atoms with Crippen molar-refractivity contribution in [2.75, 3.05) is 6.61 Å². The van der Waals surface area contributed by atoms with Crippen LogP contribution in [0.1, 0.15) is 431 Å². The van der Waals surface area contributed by atoms with Crippen LogP contribution in [0.4, 0.5) is 0 Å². The molecule has 2 atom stereocenters. The molecule has 4 heteroatoms. The van der Waals surface area contributed by atoms with Crippen molar-refractivity contribution in [2.24, 2.45) is 0 Å². The molecule has 0 aromatic heterocycles. The lowest BCUT2D eigenvalue weighted by Crippen LogP contribution is -2.45. The molecule has 1 amide bonds. The highest BCUT2D eigenvalue weighted by molar-refractivity contribution is 5.76. The maximum atomic E-state index is 12.6. The molecule has 81 heavy (non-hydrogen) atoms. The number of nitrogens with one attached hydrogen (secondary N) is 1. The van der Waals surface area contributed by atoms with E-state index in [1.54, 1.807) is 0 Å². The number of unbranched alkanes of at least 4 members (excludes halogenated alkanes) is 58. The van der Waals surface area contributed by atoms with Crippen LogP contribution >= 0.6 is 0 Å². The smallest absolute Gasteiger partial charge is 0.220 e. The van der Waals surface area contributed by atoms with Crippen LogP contribution in [0.3, 0.4) is 0 Å². The predicted molar refractivity (Wildman–Crippen MR) is 364 cm³/mol. The molecule has 4 nitrogen and oxygen atoms in total. The average molecular weight is 1140 g/mol. The zero-order valence-corrected chi connectivity index (χ0v) is 55.6. The van der Waals surface area contributed by atoms with E-state index in [-0.39, 0.29) is 12.5 Å². The van der Waals surface area contributed by atoms with Gasteiger partial charge in [-0.2, -0.15) is 0 Å². The molecule has 0 aliphatic rings. The van der Waals surface area contributed by atoms with E-state index >= 15 is 0 Å². The van der Waals surface area contributed by atoms with Crippen molar-refractivity contribution < 1.29 is 15.0 Å². The Labute approximate surface area is 510 Å². The third kappa shape index (κ3) is 69.3. The molecule has 0 radical (unpaired) electrons. The van der Waals surface area contributed by atoms with Crippen molar-refractivity contribution in [1.29, 1.82) is 0 Å². The fraction of sp³-hybridized carbons (Fsp3) is 0.909. The van der Waals surface area contributed by atoms with Gasteiger partial charge in [-0.05, 0) is 51.4 Å². The minimum Gasteiger partial charge on any atom is -0.394 e. The van der Waals surface area contributed by atoms with Crippen LogP contribution in [-0.4, -0.2) is 34.9 Å². The third-order valence-corrected chi connectivity index (χ3v) is 17.9. The van der Waals surface area contributed by atoms with Crippen LogP contribution in [0.2, 0.25) is 0 Å². The van der Waals surface area contributed by atoms with Crippen molar-refractivity contribution in [1.82, 2.24) is 5.32 Å². The normalized spacial score (nSPS) is 12.8. The Morgan fingerprint density at radius 3 is 0.753 bits per heavy atom. The molecule has 0 saturated carbocycles. The lowest BCUT2D eigenvalue weighted by atomic mass is 10.0. The van der Waals surface area contributed by atoms with Gasteiger partial charge in [-0.1, -0.05) is 410 Å². The van der Waals surface area contributed by atoms with Crippen LogP contribution in [0, 0.1) is 0 Å². The molecule has 0 spiro atoms. The van der Waals surface area contributed by atoms with E-state index in [1.165, 1.54) is 366 Å². The van der Waals surface area contributed by atoms with Gasteiger partial charge in [0, 0.05) is 6.42 Å². The summed E-state index contributed by atoms with van der Waals surface area (Å²) in [6, 6.07) is -0.536. The second-order valence-electron chi connectivity index (χ2n) is 26.1. The number of carbonyl (C=O) groups excluding carboxylic acids is 1. The van der Waals surface area contributed by atoms with Crippen molar-refractivity contribution in [3.05, 3.63) is 36.5 Å². The first-order valence-electron chi connectivity index (χ1n) is 37.7.